The van der Waals surface area contributed by atoms with E-state index in [-0.39, 0.29) is 6.10 Å². The lowest BCUT2D eigenvalue weighted by atomic mass is 10.2. The van der Waals surface area contributed by atoms with Gasteiger partial charge < -0.3 is 15.0 Å². The molecule has 0 radical (unpaired) electrons. The van der Waals surface area contributed by atoms with Crippen molar-refractivity contribution < 1.29 is 4.74 Å². The fraction of sp³-hybridized carbons (Fsp3) is 0.238. The van der Waals surface area contributed by atoms with Gasteiger partial charge in [-0.1, -0.05) is 15.9 Å². The SMILES string of the molecule is C[C@H](CN(C)C)Oc1cc(Br)cc2ncnc(Nc3ccc4nccnc4c3)c12. The van der Waals surface area contributed by atoms with Crippen molar-refractivity contribution in [1.82, 2.24) is 24.8 Å². The molecule has 2 aromatic carbocycles. The zero-order chi connectivity index (χ0) is 20.4. The second kappa shape index (κ2) is 8.26. The summed E-state index contributed by atoms with van der Waals surface area (Å²) >= 11 is 3.56. The van der Waals surface area contributed by atoms with Crippen molar-refractivity contribution in [3.05, 3.63) is 53.5 Å². The summed E-state index contributed by atoms with van der Waals surface area (Å²) in [5.74, 6) is 1.41. The van der Waals surface area contributed by atoms with Crippen LogP contribution >= 0.6 is 15.9 Å². The minimum atomic E-state index is 0.00602. The smallest absolute Gasteiger partial charge is 0.145 e. The number of halogens is 1. The lowest BCUT2D eigenvalue weighted by molar-refractivity contribution is 0.179. The largest absolute Gasteiger partial charge is 0.488 e. The van der Waals surface area contributed by atoms with Crippen LogP contribution in [-0.4, -0.2) is 51.6 Å². The molecule has 8 heteroatoms. The molecule has 1 N–H and O–H groups in total. The summed E-state index contributed by atoms with van der Waals surface area (Å²) in [6, 6.07) is 9.75. The first kappa shape index (κ1) is 19.5. The number of aromatic nitrogens is 4. The summed E-state index contributed by atoms with van der Waals surface area (Å²) in [6.45, 7) is 2.85. The molecule has 0 aliphatic rings. The molecule has 0 saturated heterocycles. The van der Waals surface area contributed by atoms with Crippen molar-refractivity contribution in [2.75, 3.05) is 26.0 Å². The molecule has 29 heavy (non-hydrogen) atoms. The summed E-state index contributed by atoms with van der Waals surface area (Å²) < 4.78 is 7.16. The van der Waals surface area contributed by atoms with Crippen molar-refractivity contribution in [2.24, 2.45) is 0 Å². The van der Waals surface area contributed by atoms with Gasteiger partial charge in [0.15, 0.2) is 0 Å². The minimum absolute atomic E-state index is 0.00602. The molecule has 2 aromatic heterocycles. The van der Waals surface area contributed by atoms with Crippen LogP contribution < -0.4 is 10.1 Å². The maximum absolute atomic E-state index is 6.25. The van der Waals surface area contributed by atoms with Crippen LogP contribution in [0.1, 0.15) is 6.92 Å². The monoisotopic (exact) mass is 452 g/mol. The Hall–Kier alpha value is -2.84. The van der Waals surface area contributed by atoms with E-state index in [9.17, 15) is 0 Å². The number of fused-ring (bicyclic) bond motifs is 2. The molecule has 0 aliphatic carbocycles. The molecule has 0 aliphatic heterocycles. The standard InChI is InChI=1S/C21H21BrN6O/c1-13(11-28(2)3)29-19-9-14(22)8-18-20(19)21(26-12-25-18)27-15-4-5-16-17(10-15)24-7-6-23-16/h4-10,12-13H,11H2,1-3H3,(H,25,26,27)/t13-/m1/s1. The zero-order valence-corrected chi connectivity index (χ0v) is 18.0. The van der Waals surface area contributed by atoms with Gasteiger partial charge in [0.1, 0.15) is 24.0 Å². The van der Waals surface area contributed by atoms with Gasteiger partial charge >= 0.3 is 0 Å². The van der Waals surface area contributed by atoms with Gasteiger partial charge in [-0.15, -0.1) is 0 Å². The molecular formula is C21H21BrN6O. The highest BCUT2D eigenvalue weighted by Crippen LogP contribution is 2.35. The van der Waals surface area contributed by atoms with Crippen LogP contribution in [-0.2, 0) is 0 Å². The van der Waals surface area contributed by atoms with E-state index >= 15 is 0 Å². The lowest BCUT2D eigenvalue weighted by Gasteiger charge is -2.20. The van der Waals surface area contributed by atoms with Gasteiger partial charge in [0.2, 0.25) is 0 Å². The van der Waals surface area contributed by atoms with E-state index in [1.54, 1.807) is 18.7 Å². The predicted octanol–water partition coefficient (Wildman–Crippen LogP) is 4.41. The summed E-state index contributed by atoms with van der Waals surface area (Å²) in [5, 5.41) is 4.22. The molecule has 0 bridgehead atoms. The fourth-order valence-electron chi connectivity index (χ4n) is 3.25. The van der Waals surface area contributed by atoms with E-state index in [0.717, 1.165) is 44.4 Å². The molecule has 148 valence electrons. The first-order chi connectivity index (χ1) is 14.0. The first-order valence-electron chi connectivity index (χ1n) is 9.23. The highest BCUT2D eigenvalue weighted by atomic mass is 79.9. The van der Waals surface area contributed by atoms with Crippen molar-refractivity contribution >= 4 is 49.4 Å². The molecule has 4 rings (SSSR count). The molecule has 2 heterocycles. The molecule has 7 nitrogen and oxygen atoms in total. The van der Waals surface area contributed by atoms with Crippen LogP contribution in [0.4, 0.5) is 11.5 Å². The second-order valence-electron chi connectivity index (χ2n) is 7.10. The van der Waals surface area contributed by atoms with Gasteiger partial charge in [-0.25, -0.2) is 9.97 Å². The zero-order valence-electron chi connectivity index (χ0n) is 16.4. The summed E-state index contributed by atoms with van der Waals surface area (Å²) in [7, 11) is 4.05. The van der Waals surface area contributed by atoms with Crippen molar-refractivity contribution in [1.29, 1.82) is 0 Å². The number of hydrogen-bond donors (Lipinski definition) is 1. The Kier molecular flexibility index (Phi) is 5.55. The number of likely N-dealkylation sites (N-methyl/N-ethyl adjacent to an activating group) is 1. The van der Waals surface area contributed by atoms with Gasteiger partial charge in [-0.05, 0) is 51.4 Å². The van der Waals surface area contributed by atoms with Gasteiger partial charge in [-0.3, -0.25) is 9.97 Å². The maximum Gasteiger partial charge on any atom is 0.145 e. The Bertz CT molecular complexity index is 1170. The van der Waals surface area contributed by atoms with E-state index in [2.05, 4.69) is 46.1 Å². The molecular weight excluding hydrogens is 432 g/mol. The number of ether oxygens (including phenoxy) is 1. The highest BCUT2D eigenvalue weighted by Gasteiger charge is 2.15. The average molecular weight is 453 g/mol. The Balaban J connectivity index is 1.75. The molecule has 4 aromatic rings. The second-order valence-corrected chi connectivity index (χ2v) is 8.01. The van der Waals surface area contributed by atoms with Crippen LogP contribution in [0.15, 0.2) is 53.5 Å². The van der Waals surface area contributed by atoms with Crippen molar-refractivity contribution in [3.63, 3.8) is 0 Å². The van der Waals surface area contributed by atoms with Crippen LogP contribution in [0.5, 0.6) is 5.75 Å². The van der Waals surface area contributed by atoms with Crippen LogP contribution in [0.2, 0.25) is 0 Å². The maximum atomic E-state index is 6.25. The average Bonchev–Trinajstić information content (AvgIpc) is 2.67. The number of rotatable bonds is 6. The number of hydrogen-bond acceptors (Lipinski definition) is 7. The quantitative estimate of drug-likeness (QED) is 0.464. The van der Waals surface area contributed by atoms with E-state index in [1.165, 1.54) is 0 Å². The van der Waals surface area contributed by atoms with E-state index in [1.807, 2.05) is 51.4 Å². The van der Waals surface area contributed by atoms with Crippen molar-refractivity contribution in [3.8, 4) is 5.75 Å². The molecule has 0 amide bonds. The Morgan fingerprint density at radius 3 is 2.59 bits per heavy atom. The third kappa shape index (κ3) is 4.44. The van der Waals surface area contributed by atoms with Crippen molar-refractivity contribution in [2.45, 2.75) is 13.0 Å². The highest BCUT2D eigenvalue weighted by molar-refractivity contribution is 9.10. The van der Waals surface area contributed by atoms with Crippen LogP contribution in [0, 0.1) is 0 Å². The first-order valence-corrected chi connectivity index (χ1v) is 10.0. The number of benzene rings is 2. The van der Waals surface area contributed by atoms with Gasteiger partial charge in [0.25, 0.3) is 0 Å². The Morgan fingerprint density at radius 2 is 1.79 bits per heavy atom. The molecule has 0 unspecified atom stereocenters. The lowest BCUT2D eigenvalue weighted by Crippen LogP contribution is -2.28. The molecule has 0 fully saturated rings. The summed E-state index contributed by atoms with van der Waals surface area (Å²) in [6.07, 6.45) is 4.92. The summed E-state index contributed by atoms with van der Waals surface area (Å²) in [5.41, 5.74) is 3.32. The third-order valence-corrected chi connectivity index (χ3v) is 4.81. The number of nitrogens with zero attached hydrogens (tertiary/aromatic N) is 5. The third-order valence-electron chi connectivity index (χ3n) is 4.35. The topological polar surface area (TPSA) is 76.1 Å². The normalized spacial score (nSPS) is 12.4. The fourth-order valence-corrected chi connectivity index (χ4v) is 3.68. The van der Waals surface area contributed by atoms with E-state index < -0.39 is 0 Å². The summed E-state index contributed by atoms with van der Waals surface area (Å²) in [4.78, 5) is 19.7. The molecule has 1 atom stereocenters. The van der Waals surface area contributed by atoms with E-state index in [0.29, 0.717) is 5.82 Å². The number of anilines is 2. The molecule has 0 spiro atoms. The van der Waals surface area contributed by atoms with Gasteiger partial charge in [0.05, 0.1) is 21.9 Å². The molecule has 0 saturated carbocycles. The van der Waals surface area contributed by atoms with Gasteiger partial charge in [0, 0.05) is 29.1 Å². The van der Waals surface area contributed by atoms with Crippen LogP contribution in [0.25, 0.3) is 21.9 Å². The van der Waals surface area contributed by atoms with E-state index in [4.69, 9.17) is 4.74 Å². The Labute approximate surface area is 177 Å². The van der Waals surface area contributed by atoms with Gasteiger partial charge in [-0.2, -0.15) is 0 Å². The van der Waals surface area contributed by atoms with Crippen LogP contribution in [0.3, 0.4) is 0 Å². The number of nitrogens with one attached hydrogen (secondary N) is 1. The predicted molar refractivity (Wildman–Crippen MR) is 119 cm³/mol. The Morgan fingerprint density at radius 1 is 1.00 bits per heavy atom. The minimum Gasteiger partial charge on any atom is -0.488 e.